The standard InChI is InChI=1S/C14H12O4/c15-13-11(10-4-2-1-3-5-10)8-16-9-12(13)14-17-6-7-18-14/h1-5,8-9,14H,6-7H2. The lowest BCUT2D eigenvalue weighted by molar-refractivity contribution is -0.0459. The second-order valence-corrected chi connectivity index (χ2v) is 4.01. The minimum Gasteiger partial charge on any atom is -0.471 e. The number of ether oxygens (including phenoxy) is 2. The zero-order valence-corrected chi connectivity index (χ0v) is 9.67. The molecule has 2 aromatic rings. The molecule has 1 saturated heterocycles. The van der Waals surface area contributed by atoms with Gasteiger partial charge in [-0.1, -0.05) is 30.3 Å². The Morgan fingerprint density at radius 1 is 1.00 bits per heavy atom. The van der Waals surface area contributed by atoms with E-state index in [1.54, 1.807) is 0 Å². The summed E-state index contributed by atoms with van der Waals surface area (Å²) in [5.74, 6) is 0. The molecule has 1 aliphatic heterocycles. The summed E-state index contributed by atoms with van der Waals surface area (Å²) >= 11 is 0. The lowest BCUT2D eigenvalue weighted by Crippen LogP contribution is -2.15. The normalized spacial score (nSPS) is 16.0. The van der Waals surface area contributed by atoms with Gasteiger partial charge in [0.1, 0.15) is 12.5 Å². The van der Waals surface area contributed by atoms with Crippen molar-refractivity contribution in [3.63, 3.8) is 0 Å². The molecule has 0 amide bonds. The van der Waals surface area contributed by atoms with Gasteiger partial charge in [0.15, 0.2) is 6.29 Å². The van der Waals surface area contributed by atoms with E-state index in [1.807, 2.05) is 30.3 Å². The summed E-state index contributed by atoms with van der Waals surface area (Å²) in [6, 6.07) is 9.39. The van der Waals surface area contributed by atoms with Crippen molar-refractivity contribution in [1.82, 2.24) is 0 Å². The number of hydrogen-bond acceptors (Lipinski definition) is 4. The Morgan fingerprint density at radius 3 is 2.44 bits per heavy atom. The van der Waals surface area contributed by atoms with Crippen molar-refractivity contribution < 1.29 is 13.9 Å². The van der Waals surface area contributed by atoms with Crippen molar-refractivity contribution in [2.24, 2.45) is 0 Å². The summed E-state index contributed by atoms with van der Waals surface area (Å²) in [5, 5.41) is 0. The number of hydrogen-bond donors (Lipinski definition) is 0. The van der Waals surface area contributed by atoms with E-state index >= 15 is 0 Å². The molecule has 3 rings (SSSR count). The molecule has 0 spiro atoms. The predicted molar refractivity (Wildman–Crippen MR) is 65.1 cm³/mol. The van der Waals surface area contributed by atoms with Crippen molar-refractivity contribution >= 4 is 0 Å². The fraction of sp³-hybridized carbons (Fsp3) is 0.214. The molecule has 0 bridgehead atoms. The van der Waals surface area contributed by atoms with Crippen molar-refractivity contribution in [3.05, 3.63) is 58.6 Å². The van der Waals surface area contributed by atoms with Crippen LogP contribution in [0.15, 0.2) is 52.1 Å². The monoisotopic (exact) mass is 244 g/mol. The molecule has 1 fully saturated rings. The second kappa shape index (κ2) is 4.76. The highest BCUT2D eigenvalue weighted by atomic mass is 16.7. The van der Waals surface area contributed by atoms with Crippen molar-refractivity contribution in [3.8, 4) is 11.1 Å². The third-order valence-electron chi connectivity index (χ3n) is 2.85. The summed E-state index contributed by atoms with van der Waals surface area (Å²) in [7, 11) is 0. The van der Waals surface area contributed by atoms with Gasteiger partial charge in [0, 0.05) is 0 Å². The molecule has 1 aliphatic rings. The molecule has 0 atom stereocenters. The Kier molecular flexibility index (Phi) is 2.96. The predicted octanol–water partition coefficient (Wildman–Crippen LogP) is 2.35. The zero-order chi connectivity index (χ0) is 12.4. The van der Waals surface area contributed by atoms with Crippen molar-refractivity contribution in [2.45, 2.75) is 6.29 Å². The van der Waals surface area contributed by atoms with E-state index in [4.69, 9.17) is 13.9 Å². The molecule has 2 heterocycles. The Morgan fingerprint density at radius 2 is 1.72 bits per heavy atom. The maximum atomic E-state index is 12.3. The van der Waals surface area contributed by atoms with E-state index in [0.29, 0.717) is 24.3 Å². The van der Waals surface area contributed by atoms with Crippen LogP contribution in [-0.2, 0) is 9.47 Å². The lowest BCUT2D eigenvalue weighted by atomic mass is 10.1. The van der Waals surface area contributed by atoms with Gasteiger partial charge in [-0.25, -0.2) is 0 Å². The highest BCUT2D eigenvalue weighted by Crippen LogP contribution is 2.23. The minimum atomic E-state index is -0.607. The van der Waals surface area contributed by atoms with Crippen LogP contribution in [0.3, 0.4) is 0 Å². The molecule has 0 unspecified atom stereocenters. The van der Waals surface area contributed by atoms with Gasteiger partial charge < -0.3 is 13.9 Å². The molecule has 92 valence electrons. The fourth-order valence-electron chi connectivity index (χ4n) is 1.96. The van der Waals surface area contributed by atoms with Gasteiger partial charge in [0.25, 0.3) is 0 Å². The smallest absolute Gasteiger partial charge is 0.200 e. The summed E-state index contributed by atoms with van der Waals surface area (Å²) in [4.78, 5) is 12.3. The average molecular weight is 244 g/mol. The summed E-state index contributed by atoms with van der Waals surface area (Å²) in [6.45, 7) is 0.999. The molecule has 18 heavy (non-hydrogen) atoms. The molecule has 1 aromatic heterocycles. The number of rotatable bonds is 2. The first kappa shape index (κ1) is 11.2. The van der Waals surface area contributed by atoms with Gasteiger partial charge in [-0.05, 0) is 5.56 Å². The fourth-order valence-corrected chi connectivity index (χ4v) is 1.96. The van der Waals surface area contributed by atoms with Crippen LogP contribution < -0.4 is 5.43 Å². The first-order valence-electron chi connectivity index (χ1n) is 5.75. The second-order valence-electron chi connectivity index (χ2n) is 4.01. The van der Waals surface area contributed by atoms with Crippen molar-refractivity contribution in [2.75, 3.05) is 13.2 Å². The van der Waals surface area contributed by atoms with Gasteiger partial charge in [0.2, 0.25) is 5.43 Å². The van der Waals surface area contributed by atoms with Crippen molar-refractivity contribution in [1.29, 1.82) is 0 Å². The summed E-state index contributed by atoms with van der Waals surface area (Å²) in [5.41, 5.74) is 1.64. The Bertz CT molecular complexity index is 582. The van der Waals surface area contributed by atoms with Gasteiger partial charge in [0.05, 0.1) is 24.3 Å². The maximum Gasteiger partial charge on any atom is 0.200 e. The molecule has 0 N–H and O–H groups in total. The van der Waals surface area contributed by atoms with E-state index in [0.717, 1.165) is 5.56 Å². The Hall–Kier alpha value is -1.91. The summed E-state index contributed by atoms with van der Waals surface area (Å²) < 4.78 is 15.9. The van der Waals surface area contributed by atoms with Gasteiger partial charge in [-0.15, -0.1) is 0 Å². The third-order valence-corrected chi connectivity index (χ3v) is 2.85. The minimum absolute atomic E-state index is 0.112. The molecule has 0 radical (unpaired) electrons. The highest BCUT2D eigenvalue weighted by molar-refractivity contribution is 5.62. The lowest BCUT2D eigenvalue weighted by Gasteiger charge is -2.08. The van der Waals surface area contributed by atoms with Crippen LogP contribution >= 0.6 is 0 Å². The van der Waals surface area contributed by atoms with Crippen LogP contribution in [0.5, 0.6) is 0 Å². The zero-order valence-electron chi connectivity index (χ0n) is 9.67. The van der Waals surface area contributed by atoms with Gasteiger partial charge in [-0.3, -0.25) is 4.79 Å². The first-order chi connectivity index (χ1) is 8.86. The topological polar surface area (TPSA) is 48.7 Å². The molecule has 4 nitrogen and oxygen atoms in total. The van der Waals surface area contributed by atoms with Crippen LogP contribution in [0.4, 0.5) is 0 Å². The third kappa shape index (κ3) is 1.96. The SMILES string of the molecule is O=c1c(-c2ccccc2)cocc1C1OCCO1. The van der Waals surface area contributed by atoms with Gasteiger partial charge in [-0.2, -0.15) is 0 Å². The molecule has 1 aromatic carbocycles. The van der Waals surface area contributed by atoms with E-state index < -0.39 is 6.29 Å². The van der Waals surface area contributed by atoms with E-state index in [1.165, 1.54) is 12.5 Å². The van der Waals surface area contributed by atoms with Crippen LogP contribution in [-0.4, -0.2) is 13.2 Å². The van der Waals surface area contributed by atoms with E-state index in [9.17, 15) is 4.79 Å². The maximum absolute atomic E-state index is 12.3. The number of benzene rings is 1. The Balaban J connectivity index is 2.07. The average Bonchev–Trinajstić information content (AvgIpc) is 2.94. The molecule has 4 heteroatoms. The highest BCUT2D eigenvalue weighted by Gasteiger charge is 2.23. The molecular weight excluding hydrogens is 232 g/mol. The van der Waals surface area contributed by atoms with Crippen LogP contribution in [0.1, 0.15) is 11.9 Å². The molecule has 0 saturated carbocycles. The quantitative estimate of drug-likeness (QED) is 0.813. The largest absolute Gasteiger partial charge is 0.471 e. The van der Waals surface area contributed by atoms with Crippen LogP contribution in [0, 0.1) is 0 Å². The first-order valence-corrected chi connectivity index (χ1v) is 5.75. The van der Waals surface area contributed by atoms with Crippen LogP contribution in [0.25, 0.3) is 11.1 Å². The summed E-state index contributed by atoms with van der Waals surface area (Å²) in [6.07, 6.45) is 2.24. The molecular formula is C14H12O4. The van der Waals surface area contributed by atoms with Gasteiger partial charge >= 0.3 is 0 Å². The van der Waals surface area contributed by atoms with Crippen LogP contribution in [0.2, 0.25) is 0 Å². The van der Waals surface area contributed by atoms with E-state index in [-0.39, 0.29) is 5.43 Å². The Labute approximate surface area is 104 Å². The molecule has 0 aliphatic carbocycles. The van der Waals surface area contributed by atoms with E-state index in [2.05, 4.69) is 0 Å².